The Morgan fingerprint density at radius 2 is 1.95 bits per heavy atom. The Labute approximate surface area is 116 Å². The monoisotopic (exact) mass is 270 g/mol. The molecule has 1 aromatic heterocycles. The molecule has 1 amide bonds. The zero-order chi connectivity index (χ0) is 13.9. The van der Waals surface area contributed by atoms with Crippen LogP contribution < -0.4 is 9.47 Å². The lowest BCUT2D eigenvalue weighted by molar-refractivity contribution is 0.0784. The molecule has 0 saturated carbocycles. The molecule has 0 N–H and O–H groups in total. The number of pyridine rings is 1. The van der Waals surface area contributed by atoms with Crippen molar-refractivity contribution in [3.8, 4) is 11.5 Å². The molecule has 0 fully saturated rings. The Bertz CT molecular complexity index is 628. The highest BCUT2D eigenvalue weighted by Gasteiger charge is 2.18. The Morgan fingerprint density at radius 1 is 1.20 bits per heavy atom. The van der Waals surface area contributed by atoms with Gasteiger partial charge in [0, 0.05) is 31.5 Å². The molecule has 0 radical (unpaired) electrons. The zero-order valence-electron chi connectivity index (χ0n) is 11.1. The van der Waals surface area contributed by atoms with Gasteiger partial charge in [-0.25, -0.2) is 0 Å². The number of rotatable bonds is 3. The fourth-order valence-electron chi connectivity index (χ4n) is 2.08. The maximum absolute atomic E-state index is 12.4. The lowest BCUT2D eigenvalue weighted by Gasteiger charge is -2.17. The molecule has 5 nitrogen and oxygen atoms in total. The van der Waals surface area contributed by atoms with E-state index in [0.29, 0.717) is 23.6 Å². The van der Waals surface area contributed by atoms with Crippen LogP contribution in [-0.4, -0.2) is 29.6 Å². The van der Waals surface area contributed by atoms with Crippen LogP contribution in [0.15, 0.2) is 42.7 Å². The standard InChI is InChI=1S/C15H14N2O3/c1-17(9-11-4-6-16-7-5-11)15(18)12-2-3-13-14(8-12)20-10-19-13/h2-8H,9-10H2,1H3. The lowest BCUT2D eigenvalue weighted by Crippen LogP contribution is -2.26. The predicted octanol–water partition coefficient (Wildman–Crippen LogP) is 2.08. The van der Waals surface area contributed by atoms with Gasteiger partial charge in [0.25, 0.3) is 5.91 Å². The third-order valence-corrected chi connectivity index (χ3v) is 3.14. The average Bonchev–Trinajstić information content (AvgIpc) is 2.94. The van der Waals surface area contributed by atoms with Crippen LogP contribution in [0, 0.1) is 0 Å². The molecule has 1 aliphatic rings. The Balaban J connectivity index is 1.75. The molecular weight excluding hydrogens is 256 g/mol. The average molecular weight is 270 g/mol. The van der Waals surface area contributed by atoms with E-state index in [4.69, 9.17) is 9.47 Å². The van der Waals surface area contributed by atoms with E-state index in [1.165, 1.54) is 0 Å². The summed E-state index contributed by atoms with van der Waals surface area (Å²) in [5, 5.41) is 0. The third-order valence-electron chi connectivity index (χ3n) is 3.14. The van der Waals surface area contributed by atoms with Crippen molar-refractivity contribution in [2.45, 2.75) is 6.54 Å². The number of hydrogen-bond donors (Lipinski definition) is 0. The SMILES string of the molecule is CN(Cc1ccncc1)C(=O)c1ccc2c(c1)OCO2. The molecule has 2 aromatic rings. The highest BCUT2D eigenvalue weighted by molar-refractivity contribution is 5.94. The molecule has 3 rings (SSSR count). The number of carbonyl (C=O) groups excluding carboxylic acids is 1. The molecule has 0 bridgehead atoms. The topological polar surface area (TPSA) is 51.7 Å². The van der Waals surface area contributed by atoms with E-state index in [0.717, 1.165) is 5.56 Å². The molecule has 2 heterocycles. The van der Waals surface area contributed by atoms with Gasteiger partial charge < -0.3 is 14.4 Å². The Kier molecular flexibility index (Phi) is 3.25. The van der Waals surface area contributed by atoms with Gasteiger partial charge in [-0.2, -0.15) is 0 Å². The van der Waals surface area contributed by atoms with E-state index < -0.39 is 0 Å². The normalized spacial score (nSPS) is 12.2. The van der Waals surface area contributed by atoms with Crippen LogP contribution in [0.3, 0.4) is 0 Å². The maximum Gasteiger partial charge on any atom is 0.254 e. The van der Waals surface area contributed by atoms with Crippen molar-refractivity contribution in [2.24, 2.45) is 0 Å². The van der Waals surface area contributed by atoms with E-state index in [9.17, 15) is 4.79 Å². The zero-order valence-corrected chi connectivity index (χ0v) is 11.1. The molecule has 0 atom stereocenters. The summed E-state index contributed by atoms with van der Waals surface area (Å²) in [7, 11) is 1.77. The summed E-state index contributed by atoms with van der Waals surface area (Å²) < 4.78 is 10.5. The van der Waals surface area contributed by atoms with Crippen molar-refractivity contribution < 1.29 is 14.3 Å². The minimum Gasteiger partial charge on any atom is -0.454 e. The molecule has 0 spiro atoms. The van der Waals surface area contributed by atoms with E-state index in [-0.39, 0.29) is 12.7 Å². The van der Waals surface area contributed by atoms with Crippen LogP contribution in [0.1, 0.15) is 15.9 Å². The second-order valence-electron chi connectivity index (χ2n) is 4.58. The number of hydrogen-bond acceptors (Lipinski definition) is 4. The highest BCUT2D eigenvalue weighted by Crippen LogP contribution is 2.32. The minimum absolute atomic E-state index is 0.0555. The van der Waals surface area contributed by atoms with Crippen molar-refractivity contribution in [1.82, 2.24) is 9.88 Å². The van der Waals surface area contributed by atoms with Crippen molar-refractivity contribution >= 4 is 5.91 Å². The van der Waals surface area contributed by atoms with Crippen LogP contribution >= 0.6 is 0 Å². The molecule has 5 heteroatoms. The number of benzene rings is 1. The summed E-state index contributed by atoms with van der Waals surface area (Å²) in [4.78, 5) is 18.0. The molecule has 0 unspecified atom stereocenters. The number of amides is 1. The molecule has 102 valence electrons. The number of aromatic nitrogens is 1. The van der Waals surface area contributed by atoms with Crippen molar-refractivity contribution in [2.75, 3.05) is 13.8 Å². The van der Waals surface area contributed by atoms with E-state index in [1.54, 1.807) is 42.5 Å². The van der Waals surface area contributed by atoms with Gasteiger partial charge in [-0.05, 0) is 35.9 Å². The molecule has 20 heavy (non-hydrogen) atoms. The van der Waals surface area contributed by atoms with Crippen LogP contribution in [0.5, 0.6) is 11.5 Å². The maximum atomic E-state index is 12.4. The quantitative estimate of drug-likeness (QED) is 0.857. The number of carbonyl (C=O) groups is 1. The van der Waals surface area contributed by atoms with Gasteiger partial charge >= 0.3 is 0 Å². The first kappa shape index (κ1) is 12.5. The van der Waals surface area contributed by atoms with Gasteiger partial charge in [-0.1, -0.05) is 0 Å². The Hall–Kier alpha value is -2.56. The summed E-state index contributed by atoms with van der Waals surface area (Å²) in [5.41, 5.74) is 1.63. The first-order valence-electron chi connectivity index (χ1n) is 6.28. The summed E-state index contributed by atoms with van der Waals surface area (Å²) in [6, 6.07) is 9.01. The van der Waals surface area contributed by atoms with Crippen molar-refractivity contribution in [3.63, 3.8) is 0 Å². The molecule has 1 aromatic carbocycles. The fraction of sp³-hybridized carbons (Fsp3) is 0.200. The molecule has 0 aliphatic carbocycles. The Morgan fingerprint density at radius 3 is 2.75 bits per heavy atom. The number of ether oxygens (including phenoxy) is 2. The number of nitrogens with zero attached hydrogens (tertiary/aromatic N) is 2. The first-order valence-corrected chi connectivity index (χ1v) is 6.28. The molecular formula is C15H14N2O3. The summed E-state index contributed by atoms with van der Waals surface area (Å²) in [6.07, 6.45) is 3.43. The first-order chi connectivity index (χ1) is 9.74. The fourth-order valence-corrected chi connectivity index (χ4v) is 2.08. The van der Waals surface area contributed by atoms with Gasteiger partial charge in [0.15, 0.2) is 11.5 Å². The van der Waals surface area contributed by atoms with Crippen LogP contribution in [0.2, 0.25) is 0 Å². The van der Waals surface area contributed by atoms with E-state index >= 15 is 0 Å². The van der Waals surface area contributed by atoms with Crippen LogP contribution in [0.25, 0.3) is 0 Å². The highest BCUT2D eigenvalue weighted by atomic mass is 16.7. The third kappa shape index (κ3) is 2.42. The predicted molar refractivity (Wildman–Crippen MR) is 72.6 cm³/mol. The molecule has 0 saturated heterocycles. The van der Waals surface area contributed by atoms with Gasteiger partial charge in [0.05, 0.1) is 0 Å². The smallest absolute Gasteiger partial charge is 0.254 e. The number of fused-ring (bicyclic) bond motifs is 1. The second kappa shape index (κ2) is 5.21. The largest absolute Gasteiger partial charge is 0.454 e. The molecule has 1 aliphatic heterocycles. The van der Waals surface area contributed by atoms with Gasteiger partial charge in [0.2, 0.25) is 6.79 Å². The van der Waals surface area contributed by atoms with Gasteiger partial charge in [-0.15, -0.1) is 0 Å². The van der Waals surface area contributed by atoms with Crippen LogP contribution in [0.4, 0.5) is 0 Å². The van der Waals surface area contributed by atoms with Gasteiger partial charge in [0.1, 0.15) is 0 Å². The van der Waals surface area contributed by atoms with Crippen molar-refractivity contribution in [1.29, 1.82) is 0 Å². The van der Waals surface area contributed by atoms with E-state index in [2.05, 4.69) is 4.98 Å². The summed E-state index contributed by atoms with van der Waals surface area (Å²) in [6.45, 7) is 0.746. The summed E-state index contributed by atoms with van der Waals surface area (Å²) in [5.74, 6) is 1.24. The second-order valence-corrected chi connectivity index (χ2v) is 4.58. The van der Waals surface area contributed by atoms with Crippen LogP contribution in [-0.2, 0) is 6.54 Å². The lowest BCUT2D eigenvalue weighted by atomic mass is 10.1. The van der Waals surface area contributed by atoms with Gasteiger partial charge in [-0.3, -0.25) is 9.78 Å². The van der Waals surface area contributed by atoms with E-state index in [1.807, 2.05) is 12.1 Å². The summed E-state index contributed by atoms with van der Waals surface area (Å²) >= 11 is 0. The van der Waals surface area contributed by atoms with Crippen molar-refractivity contribution in [3.05, 3.63) is 53.9 Å². The minimum atomic E-state index is -0.0555.